The highest BCUT2D eigenvalue weighted by Crippen LogP contribution is 2.35. The van der Waals surface area contributed by atoms with Crippen LogP contribution < -0.4 is 20.4 Å². The molecule has 40 nitrogen and oxygen atoms in total. The molecule has 784 valence electrons. The van der Waals surface area contributed by atoms with Gasteiger partial charge in [-0.25, -0.2) is 177 Å². The van der Waals surface area contributed by atoms with Crippen molar-refractivity contribution in [1.82, 2.24) is 140 Å². The zero-order chi connectivity index (χ0) is 106. The second kappa shape index (κ2) is 46.4. The van der Waals surface area contributed by atoms with Gasteiger partial charge >= 0.3 is 0 Å². The minimum atomic E-state index is -3.38. The van der Waals surface area contributed by atoms with Gasteiger partial charge in [-0.2, -0.15) is 0 Å². The van der Waals surface area contributed by atoms with Crippen LogP contribution in [0.15, 0.2) is 203 Å². The highest BCUT2D eigenvalue weighted by atomic mass is 32.2. The van der Waals surface area contributed by atoms with Crippen LogP contribution in [0.3, 0.4) is 0 Å². The minimum Gasteiger partial charge on any atom is -0.356 e. The lowest BCUT2D eigenvalue weighted by atomic mass is 10.0. The number of benzene rings is 2. The molecule has 2 aromatic carbocycles. The van der Waals surface area contributed by atoms with Crippen LogP contribution in [-0.2, 0) is 47.6 Å². The van der Waals surface area contributed by atoms with Crippen molar-refractivity contribution in [3.8, 4) is 80.1 Å². The maximum atomic E-state index is 13.1. The summed E-state index contributed by atoms with van der Waals surface area (Å²) >= 11 is 0. The summed E-state index contributed by atoms with van der Waals surface area (Å²) in [5, 5.41) is -0.518. The average molecular weight is 2130 g/mol. The number of sulfonamides is 2. The van der Waals surface area contributed by atoms with E-state index in [-0.39, 0.29) is 64.9 Å². The van der Waals surface area contributed by atoms with Gasteiger partial charge in [-0.05, 0) is 105 Å². The number of rotatable bonds is 26. The van der Waals surface area contributed by atoms with E-state index in [1.165, 1.54) is 145 Å². The molecule has 4 fully saturated rings. The molecular formula is C97H101F10N33O7S3. The molecule has 0 amide bonds. The fourth-order valence-corrected chi connectivity index (χ4v) is 20.9. The van der Waals surface area contributed by atoms with E-state index in [9.17, 15) is 74.0 Å². The van der Waals surface area contributed by atoms with E-state index in [0.717, 1.165) is 100 Å². The van der Waals surface area contributed by atoms with Gasteiger partial charge in [0.05, 0.1) is 97.2 Å². The second-order valence-electron chi connectivity index (χ2n) is 36.2. The zero-order valence-corrected chi connectivity index (χ0v) is 84.0. The maximum absolute atomic E-state index is 13.1. The van der Waals surface area contributed by atoms with E-state index in [0.29, 0.717) is 142 Å². The fraction of sp³-hybridized carbons (Fsp3) is 0.351. The fourth-order valence-electron chi connectivity index (χ4n) is 17.6. The first-order valence-electron chi connectivity index (χ1n) is 47.2. The molecule has 19 heterocycles. The van der Waals surface area contributed by atoms with Crippen molar-refractivity contribution >= 4 is 81.4 Å². The van der Waals surface area contributed by atoms with Gasteiger partial charge in [0, 0.05) is 185 Å². The Morgan fingerprint density at radius 2 is 0.747 bits per heavy atom. The lowest BCUT2D eigenvalue weighted by Gasteiger charge is -2.37. The molecule has 4 saturated heterocycles. The summed E-state index contributed by atoms with van der Waals surface area (Å²) in [6.45, 7) is 8.76. The number of likely N-dealkylation sites (N-methyl/N-ethyl adjacent to an activating group) is 2. The molecule has 4 aliphatic heterocycles. The number of nitrogens with zero attached hydrogens (tertiary/aromatic N) is 32. The van der Waals surface area contributed by atoms with Gasteiger partial charge in [-0.3, -0.25) is 31.7 Å². The predicted molar refractivity (Wildman–Crippen MR) is 537 cm³/mol. The van der Waals surface area contributed by atoms with Crippen LogP contribution in [0.5, 0.6) is 0 Å². The molecule has 0 spiro atoms. The number of anilines is 3. The van der Waals surface area contributed by atoms with E-state index >= 15 is 0 Å². The van der Waals surface area contributed by atoms with E-state index in [1.54, 1.807) is 72.9 Å². The van der Waals surface area contributed by atoms with Gasteiger partial charge in [0.15, 0.2) is 63.1 Å². The molecule has 53 heteroatoms. The Labute approximate surface area is 852 Å². The molecule has 2 N–H and O–H groups in total. The third kappa shape index (κ3) is 25.4. The van der Waals surface area contributed by atoms with Crippen LogP contribution in [0.2, 0.25) is 0 Å². The molecular weight excluding hydrogens is 2030 g/mol. The Kier molecular flexibility index (Phi) is 32.9. The number of Topliss-reactive ketones (excluding diaryl/α,β-unsaturated/α-hetero) is 1. The average Bonchev–Trinajstić information content (AvgIpc) is 1.64. The Bertz CT molecular complexity index is 8050. The zero-order valence-electron chi connectivity index (χ0n) is 81.6. The smallest absolute Gasteiger partial charge is 0.281 e. The molecule has 0 bridgehead atoms. The molecule has 15 aromatic heterocycles. The number of ketones is 1. The van der Waals surface area contributed by atoms with Crippen molar-refractivity contribution < 1.29 is 74.0 Å². The molecule has 3 unspecified atom stereocenters. The quantitative estimate of drug-likeness (QED) is 0.0492. The first-order chi connectivity index (χ1) is 71.9. The third-order valence-electron chi connectivity index (χ3n) is 25.4. The number of hydrogen-bond acceptors (Lipinski definition) is 33. The molecule has 0 saturated carbocycles. The first-order valence-corrected chi connectivity index (χ1v) is 52.6. The van der Waals surface area contributed by atoms with Crippen LogP contribution in [0.4, 0.5) is 61.4 Å². The van der Waals surface area contributed by atoms with E-state index in [1.807, 2.05) is 57.2 Å². The number of imidazole rings is 5. The SMILES string of the molecule is CN(C)S(=O)(=O)C1CCCN(c2ccnc(-c3cnc4cnc(C(F)F)cn34)n2)C1.CN(C1CCCN(c2ccnc(-c3cnc4cnc(C(F)F)cn34)n2)C1)S(C)(=O)=O.CN1CCN(Cc2cccc(-c3ccnc(-c4cnc5cnc(C(F)F)cn45)n3)c2)CC1.CS(=O)(=O)CC1CCCN(c2ccnc(-c3cnc4cnc(C(F)F)cn34)n2)C1.NCC(=O)Cc1cccc(-c2ccnc(-c3cnc4cnc(C(F)F)cn34)n2)c1. The summed E-state index contributed by atoms with van der Waals surface area (Å²) in [5.74, 6) is 3.80. The van der Waals surface area contributed by atoms with E-state index < -0.39 is 67.3 Å². The highest BCUT2D eigenvalue weighted by Gasteiger charge is 2.35. The van der Waals surface area contributed by atoms with Gasteiger partial charge in [0.1, 0.15) is 84.2 Å². The summed E-state index contributed by atoms with van der Waals surface area (Å²) < 4.78 is 213. The van der Waals surface area contributed by atoms with Crippen molar-refractivity contribution in [2.24, 2.45) is 11.7 Å². The van der Waals surface area contributed by atoms with Crippen LogP contribution in [-0.4, -0.2) is 301 Å². The Balaban J connectivity index is 0.000000128. The first kappa shape index (κ1) is 106. The summed E-state index contributed by atoms with van der Waals surface area (Å²) in [6, 6.07) is 24.4. The van der Waals surface area contributed by atoms with E-state index in [4.69, 9.17) is 10.7 Å². The third-order valence-corrected chi connectivity index (χ3v) is 30.1. The largest absolute Gasteiger partial charge is 0.356 e. The molecule has 3 atom stereocenters. The van der Waals surface area contributed by atoms with Crippen LogP contribution in [0.1, 0.15) is 110 Å². The number of alkyl halides is 10. The maximum Gasteiger partial charge on any atom is 0.281 e. The summed E-state index contributed by atoms with van der Waals surface area (Å²) in [4.78, 5) is 106. The van der Waals surface area contributed by atoms with Crippen molar-refractivity contribution in [3.63, 3.8) is 0 Å². The summed E-state index contributed by atoms with van der Waals surface area (Å²) in [7, 11) is -2.92. The number of carbonyl (C=O) groups is 1. The highest BCUT2D eigenvalue weighted by molar-refractivity contribution is 7.90. The lowest BCUT2D eigenvalue weighted by Crippen LogP contribution is -2.48. The number of nitrogens with two attached hydrogens (primary N) is 1. The number of fused-ring (bicyclic) bond motifs is 5. The Morgan fingerprint density at radius 3 is 1.11 bits per heavy atom. The minimum absolute atomic E-state index is 0.00830. The van der Waals surface area contributed by atoms with E-state index in [2.05, 4.69) is 124 Å². The summed E-state index contributed by atoms with van der Waals surface area (Å²) in [5.41, 5.74) is 13.4. The number of sulfone groups is 1. The standard InChI is InChI=1S/C23H23F2N7.C20H16F2N6O.2C18H21F2N7O2S.C18H20F2N6O2S/c1-30-7-9-31(10-8-30)14-16-3-2-4-17(11-16)18-5-6-26-23(29-18)20-12-28-21-13-27-19(22(24)25)15-32(20)21;21-19(22)16-11-28-17(9-26-18(28)10-25-16)20-24-5-4-15(27-20)13-3-1-2-12(6-13)7-14(29)8-23;1-25(30(2,28)29)12-4-3-7-26(10-12)15-5-6-21-18(24-15)14-8-23-16-9-22-13(17(19)20)11-27(14)16;1-25(2)30(28,29)12-4-3-7-26(10-12)15-5-6-21-18(24-15)14-8-23-16-9-22-13(17(19)20)11-27(14)16;1-29(27,28)11-12-3-2-6-25(9-12)15-4-5-21-18(24-15)14-7-23-16-8-22-13(17(19)20)10-26(14)16/h2-6,11-13,15,22H,7-10,14H2,1H3;1-6,9-11,19H,7-8,23H2;2*5-6,8-9,11-12,17H,3-4,7,10H2,1-2H3;4-5,7-8,10,12,17H,2-3,6,9,11H2,1H3. The second-order valence-corrected chi connectivity index (χ2v) is 42.8. The predicted octanol–water partition coefficient (Wildman–Crippen LogP) is 12.8. The number of aromatic nitrogens is 25. The monoisotopic (exact) mass is 2130 g/mol. The normalized spacial score (nSPS) is 16.2. The number of hydrogen-bond donors (Lipinski definition) is 1. The van der Waals surface area contributed by atoms with Gasteiger partial charge in [-0.1, -0.05) is 36.4 Å². The van der Waals surface area contributed by atoms with Crippen molar-refractivity contribution in [3.05, 3.63) is 242 Å². The number of piperazine rings is 1. The molecule has 17 aromatic rings. The number of carbonyl (C=O) groups excluding carboxylic acids is 1. The molecule has 0 aliphatic carbocycles. The van der Waals surface area contributed by atoms with Gasteiger partial charge < -0.3 is 25.3 Å². The lowest BCUT2D eigenvalue weighted by molar-refractivity contribution is -0.117. The number of piperidine rings is 3. The van der Waals surface area contributed by atoms with Gasteiger partial charge in [0.25, 0.3) is 32.1 Å². The molecule has 0 radical (unpaired) electrons. The Hall–Kier alpha value is -15.0. The van der Waals surface area contributed by atoms with Crippen LogP contribution >= 0.6 is 0 Å². The van der Waals surface area contributed by atoms with Crippen molar-refractivity contribution in [1.29, 1.82) is 0 Å². The molecule has 150 heavy (non-hydrogen) atoms. The van der Waals surface area contributed by atoms with Gasteiger partial charge in [-0.15, -0.1) is 0 Å². The Morgan fingerprint density at radius 1 is 0.400 bits per heavy atom. The molecule has 21 rings (SSSR count). The van der Waals surface area contributed by atoms with Crippen molar-refractivity contribution in [2.45, 2.75) is 94.9 Å². The topological polar surface area (TPSA) is 448 Å². The van der Waals surface area contributed by atoms with Crippen LogP contribution in [0.25, 0.3) is 108 Å². The molecule has 4 aliphatic rings. The number of halogens is 10. The van der Waals surface area contributed by atoms with Crippen LogP contribution in [0, 0.1) is 5.92 Å². The van der Waals surface area contributed by atoms with Gasteiger partial charge in [0.2, 0.25) is 20.0 Å². The van der Waals surface area contributed by atoms with Crippen molar-refractivity contribution in [2.75, 3.05) is 133 Å². The summed E-state index contributed by atoms with van der Waals surface area (Å²) in [6.07, 6.45) is 22.2.